The van der Waals surface area contributed by atoms with Crippen LogP contribution in [0.3, 0.4) is 0 Å². The second-order valence-electron chi connectivity index (χ2n) is 11.9. The van der Waals surface area contributed by atoms with Gasteiger partial charge in [-0.3, -0.25) is 4.79 Å². The fourth-order valence-corrected chi connectivity index (χ4v) is 6.51. The normalized spacial score (nSPS) is 12.0. The van der Waals surface area contributed by atoms with Gasteiger partial charge in [0.2, 0.25) is 0 Å². The number of nitrogens with two attached hydrogens (primary N) is 2. The van der Waals surface area contributed by atoms with Gasteiger partial charge in [-0.2, -0.15) is 0 Å². The molecule has 0 fully saturated rings. The first kappa shape index (κ1) is 27.6. The van der Waals surface area contributed by atoms with Crippen molar-refractivity contribution >= 4 is 39.2 Å². The predicted molar refractivity (Wildman–Crippen MR) is 192 cm³/mol. The summed E-state index contributed by atoms with van der Waals surface area (Å²) in [5.41, 5.74) is 25.6. The Labute approximate surface area is 275 Å². The number of rotatable bonds is 4. The van der Waals surface area contributed by atoms with E-state index in [0.717, 1.165) is 55.8 Å². The minimum Gasteiger partial charge on any atom is -0.399 e. The quantitative estimate of drug-likeness (QED) is 0.189. The fourth-order valence-electron chi connectivity index (χ4n) is 6.51. The summed E-state index contributed by atoms with van der Waals surface area (Å²) in [5, 5.41) is 0. The minimum absolute atomic E-state index is 0.0535. The zero-order valence-corrected chi connectivity index (χ0v) is 25.6. The average Bonchev–Trinajstić information content (AvgIpc) is 3.41. The molecule has 4 N–H and O–H groups in total. The first-order valence-corrected chi connectivity index (χ1v) is 15.6. The van der Waals surface area contributed by atoms with E-state index >= 15 is 0 Å². The van der Waals surface area contributed by atoms with E-state index in [1.807, 2.05) is 133 Å². The van der Waals surface area contributed by atoms with Crippen molar-refractivity contribution in [3.8, 4) is 56.2 Å². The SMILES string of the molecule is Nc1ccc2nc(-c3ccccc3)c(-c3ccc4c(c3)C(=O)c3cc(-c5nc6cc(N)ccc6nc5-c5ccccc5)ccc3-4)nc2c1. The minimum atomic E-state index is -0.0535. The van der Waals surface area contributed by atoms with Gasteiger partial charge in [0.15, 0.2) is 5.78 Å². The van der Waals surface area contributed by atoms with E-state index in [-0.39, 0.29) is 5.78 Å². The zero-order valence-electron chi connectivity index (χ0n) is 25.6. The van der Waals surface area contributed by atoms with Gasteiger partial charge in [-0.15, -0.1) is 0 Å². The Morgan fingerprint density at radius 2 is 0.750 bits per heavy atom. The summed E-state index contributed by atoms with van der Waals surface area (Å²) in [4.78, 5) is 34.2. The van der Waals surface area contributed by atoms with Crippen LogP contribution in [-0.4, -0.2) is 25.7 Å². The molecule has 1 aliphatic carbocycles. The molecule has 0 amide bonds. The van der Waals surface area contributed by atoms with Crippen LogP contribution in [0.4, 0.5) is 11.4 Å². The molecule has 48 heavy (non-hydrogen) atoms. The van der Waals surface area contributed by atoms with Gasteiger partial charge < -0.3 is 11.5 Å². The average molecular weight is 619 g/mol. The lowest BCUT2D eigenvalue weighted by Crippen LogP contribution is -2.00. The molecule has 0 aliphatic heterocycles. The van der Waals surface area contributed by atoms with Crippen molar-refractivity contribution in [2.45, 2.75) is 0 Å². The highest BCUT2D eigenvalue weighted by atomic mass is 16.1. The summed E-state index contributed by atoms with van der Waals surface area (Å²) in [6.07, 6.45) is 0. The molecule has 2 aromatic heterocycles. The number of carbonyl (C=O) groups is 1. The molecule has 7 heteroatoms. The van der Waals surface area contributed by atoms with Gasteiger partial charge in [0.1, 0.15) is 0 Å². The maximum Gasteiger partial charge on any atom is 0.194 e. The van der Waals surface area contributed by atoms with Crippen molar-refractivity contribution in [3.63, 3.8) is 0 Å². The molecular weight excluding hydrogens is 592 g/mol. The second-order valence-corrected chi connectivity index (χ2v) is 11.9. The van der Waals surface area contributed by atoms with Crippen LogP contribution in [0.5, 0.6) is 0 Å². The molecule has 9 rings (SSSR count). The molecule has 0 unspecified atom stereocenters. The zero-order chi connectivity index (χ0) is 32.4. The largest absolute Gasteiger partial charge is 0.399 e. The van der Waals surface area contributed by atoms with Crippen LogP contribution < -0.4 is 11.5 Å². The van der Waals surface area contributed by atoms with Gasteiger partial charge in [-0.05, 0) is 59.7 Å². The van der Waals surface area contributed by atoms with E-state index in [1.165, 1.54) is 0 Å². The third-order valence-corrected chi connectivity index (χ3v) is 8.84. The monoisotopic (exact) mass is 618 g/mol. The molecule has 6 aromatic carbocycles. The summed E-state index contributed by atoms with van der Waals surface area (Å²) in [6, 6.07) is 42.9. The summed E-state index contributed by atoms with van der Waals surface area (Å²) in [7, 11) is 0. The molecule has 0 saturated heterocycles. The van der Waals surface area contributed by atoms with Crippen molar-refractivity contribution in [1.29, 1.82) is 0 Å². The van der Waals surface area contributed by atoms with Crippen LogP contribution in [0.2, 0.25) is 0 Å². The fraction of sp³-hybridized carbons (Fsp3) is 0. The number of benzene rings is 6. The number of fused-ring (bicyclic) bond motifs is 5. The number of aromatic nitrogens is 4. The number of ketones is 1. The highest BCUT2D eigenvalue weighted by molar-refractivity contribution is 6.22. The van der Waals surface area contributed by atoms with Gasteiger partial charge >= 0.3 is 0 Å². The van der Waals surface area contributed by atoms with Gasteiger partial charge in [-0.1, -0.05) is 84.9 Å². The number of nitrogen functional groups attached to an aromatic ring is 2. The van der Waals surface area contributed by atoms with Crippen LogP contribution in [0, 0.1) is 0 Å². The van der Waals surface area contributed by atoms with E-state index in [0.29, 0.717) is 44.9 Å². The van der Waals surface area contributed by atoms with E-state index in [1.54, 1.807) is 0 Å². The van der Waals surface area contributed by atoms with Crippen molar-refractivity contribution in [2.24, 2.45) is 0 Å². The van der Waals surface area contributed by atoms with E-state index in [9.17, 15) is 4.79 Å². The van der Waals surface area contributed by atoms with E-state index in [2.05, 4.69) is 0 Å². The molecule has 0 spiro atoms. The predicted octanol–water partition coefficient (Wildman–Crippen LogP) is 8.62. The van der Waals surface area contributed by atoms with Crippen LogP contribution >= 0.6 is 0 Å². The molecule has 0 bridgehead atoms. The lowest BCUT2D eigenvalue weighted by molar-refractivity contribution is 0.104. The number of nitrogens with zero attached hydrogens (tertiary/aromatic N) is 4. The molecule has 0 atom stereocenters. The topological polar surface area (TPSA) is 121 Å². The number of hydrogen-bond donors (Lipinski definition) is 2. The Kier molecular flexibility index (Phi) is 6.13. The standard InChI is InChI=1S/C41H26N6O/c42-27-13-17-33-35(21-27)46-39(37(44-33)23-7-3-1-4-8-23)25-11-15-29-30-16-12-26(20-32(30)41(48)31(29)19-25)40-38(24-9-5-2-6-10-24)45-34-18-14-28(43)22-36(34)47-40/h1-22H,42-43H2. The highest BCUT2D eigenvalue weighted by Crippen LogP contribution is 2.42. The van der Waals surface area contributed by atoms with Crippen LogP contribution in [-0.2, 0) is 0 Å². The molecular formula is C41H26N6O. The van der Waals surface area contributed by atoms with Gasteiger partial charge in [0, 0.05) is 44.8 Å². The Balaban J connectivity index is 1.18. The van der Waals surface area contributed by atoms with Crippen LogP contribution in [0.15, 0.2) is 133 Å². The van der Waals surface area contributed by atoms with E-state index in [4.69, 9.17) is 31.4 Å². The molecule has 8 aromatic rings. The summed E-state index contributed by atoms with van der Waals surface area (Å²) < 4.78 is 0. The summed E-state index contributed by atoms with van der Waals surface area (Å²) in [5.74, 6) is -0.0535. The van der Waals surface area contributed by atoms with Gasteiger partial charge in [0.05, 0.1) is 44.8 Å². The number of hydrogen-bond acceptors (Lipinski definition) is 7. The lowest BCUT2D eigenvalue weighted by atomic mass is 9.98. The van der Waals surface area contributed by atoms with Crippen molar-refractivity contribution < 1.29 is 4.79 Å². The molecule has 1 aliphatic rings. The van der Waals surface area contributed by atoms with Crippen molar-refractivity contribution in [1.82, 2.24) is 19.9 Å². The maximum atomic E-state index is 14.2. The number of anilines is 2. The maximum absolute atomic E-state index is 14.2. The Morgan fingerprint density at radius 1 is 0.354 bits per heavy atom. The van der Waals surface area contributed by atoms with Crippen LogP contribution in [0.25, 0.3) is 78.2 Å². The molecule has 226 valence electrons. The first-order valence-electron chi connectivity index (χ1n) is 15.6. The Morgan fingerprint density at radius 3 is 1.19 bits per heavy atom. The van der Waals surface area contributed by atoms with Crippen LogP contribution in [0.1, 0.15) is 15.9 Å². The molecule has 0 saturated carbocycles. The van der Waals surface area contributed by atoms with Crippen molar-refractivity contribution in [3.05, 3.63) is 145 Å². The highest BCUT2D eigenvalue weighted by Gasteiger charge is 2.29. The molecule has 0 radical (unpaired) electrons. The molecule has 2 heterocycles. The lowest BCUT2D eigenvalue weighted by Gasteiger charge is -2.12. The third kappa shape index (κ3) is 4.48. The summed E-state index contributed by atoms with van der Waals surface area (Å²) >= 11 is 0. The Bertz CT molecular complexity index is 2420. The van der Waals surface area contributed by atoms with Gasteiger partial charge in [0.25, 0.3) is 0 Å². The van der Waals surface area contributed by atoms with Crippen molar-refractivity contribution in [2.75, 3.05) is 11.5 Å². The first-order chi connectivity index (χ1) is 23.5. The molecule has 7 nitrogen and oxygen atoms in total. The second kappa shape index (κ2) is 10.7. The smallest absolute Gasteiger partial charge is 0.194 e. The number of carbonyl (C=O) groups excluding carboxylic acids is 1. The Hall–Kier alpha value is -6.73. The third-order valence-electron chi connectivity index (χ3n) is 8.84. The van der Waals surface area contributed by atoms with E-state index < -0.39 is 0 Å². The summed E-state index contributed by atoms with van der Waals surface area (Å²) in [6.45, 7) is 0. The van der Waals surface area contributed by atoms with Gasteiger partial charge in [-0.25, -0.2) is 19.9 Å².